The van der Waals surface area contributed by atoms with Gasteiger partial charge in [0.1, 0.15) is 29.5 Å². The lowest BCUT2D eigenvalue weighted by Crippen LogP contribution is -2.03. The molecule has 5 nitrogen and oxygen atoms in total. The molecule has 0 aliphatic heterocycles. The van der Waals surface area contributed by atoms with Crippen molar-refractivity contribution in [1.29, 1.82) is 15.8 Å². The van der Waals surface area contributed by atoms with Crippen LogP contribution in [0, 0.1) is 34.0 Å². The number of hydrogen-bond donors (Lipinski definition) is 0. The summed E-state index contributed by atoms with van der Waals surface area (Å²) in [7, 11) is 0. The number of hydrogen-bond acceptors (Lipinski definition) is 6. The minimum absolute atomic E-state index is 0.126. The van der Waals surface area contributed by atoms with Crippen molar-refractivity contribution in [3.05, 3.63) is 87.1 Å². The fourth-order valence-corrected chi connectivity index (χ4v) is 5.87. The van der Waals surface area contributed by atoms with E-state index in [2.05, 4.69) is 53.3 Å². The third-order valence-corrected chi connectivity index (χ3v) is 7.94. The lowest BCUT2D eigenvalue weighted by molar-refractivity contribution is 0.305. The average molecular weight is 523 g/mol. The normalized spacial score (nSPS) is 10.3. The first-order valence-electron chi connectivity index (χ1n) is 12.2. The van der Waals surface area contributed by atoms with E-state index in [9.17, 15) is 15.8 Å². The van der Waals surface area contributed by atoms with E-state index in [1.807, 2.05) is 42.5 Å². The summed E-state index contributed by atoms with van der Waals surface area (Å²) in [6, 6.07) is 26.1. The SMILES string of the molecule is CCCCCCOc1ccc(-n2c(Cc3ccc(C(C#N)=C(C#N)C#N)s3)ccc2-c2cccs2)cc1. The number of allylic oxidation sites excluding steroid dienone is 2. The van der Waals surface area contributed by atoms with Crippen LogP contribution in [0.4, 0.5) is 0 Å². The second-order valence-electron chi connectivity index (χ2n) is 8.45. The van der Waals surface area contributed by atoms with E-state index < -0.39 is 0 Å². The molecule has 4 rings (SSSR count). The van der Waals surface area contributed by atoms with E-state index >= 15 is 0 Å². The maximum Gasteiger partial charge on any atom is 0.148 e. The van der Waals surface area contributed by atoms with Gasteiger partial charge in [-0.1, -0.05) is 32.3 Å². The number of aromatic nitrogens is 1. The first kappa shape index (κ1) is 26.0. The van der Waals surface area contributed by atoms with Crippen LogP contribution in [0.2, 0.25) is 0 Å². The molecule has 0 saturated carbocycles. The van der Waals surface area contributed by atoms with E-state index in [-0.39, 0.29) is 11.1 Å². The van der Waals surface area contributed by atoms with E-state index in [0.717, 1.165) is 40.7 Å². The van der Waals surface area contributed by atoms with Crippen LogP contribution in [-0.2, 0) is 6.42 Å². The molecular formula is C30H26N4OS2. The van der Waals surface area contributed by atoms with Gasteiger partial charge in [-0.15, -0.1) is 22.7 Å². The van der Waals surface area contributed by atoms with Crippen molar-refractivity contribution >= 4 is 28.2 Å². The Hall–Kier alpha value is -4.09. The van der Waals surface area contributed by atoms with Crippen LogP contribution in [-0.4, -0.2) is 11.2 Å². The molecule has 184 valence electrons. The zero-order valence-corrected chi connectivity index (χ0v) is 22.2. The summed E-state index contributed by atoms with van der Waals surface area (Å²) in [5, 5.41) is 30.0. The Morgan fingerprint density at radius 1 is 0.892 bits per heavy atom. The van der Waals surface area contributed by atoms with E-state index in [1.54, 1.807) is 11.3 Å². The van der Waals surface area contributed by atoms with Crippen molar-refractivity contribution < 1.29 is 4.74 Å². The van der Waals surface area contributed by atoms with Crippen LogP contribution < -0.4 is 4.74 Å². The minimum atomic E-state index is -0.160. The summed E-state index contributed by atoms with van der Waals surface area (Å²) in [6.07, 6.45) is 5.36. The molecule has 0 aliphatic carbocycles. The molecule has 0 spiro atoms. The highest BCUT2D eigenvalue weighted by Gasteiger charge is 2.16. The van der Waals surface area contributed by atoms with E-state index in [0.29, 0.717) is 11.3 Å². The molecule has 0 fully saturated rings. The number of nitriles is 3. The van der Waals surface area contributed by atoms with Crippen molar-refractivity contribution in [3.8, 4) is 40.2 Å². The summed E-state index contributed by atoms with van der Waals surface area (Å²) in [4.78, 5) is 2.85. The Labute approximate surface area is 225 Å². The summed E-state index contributed by atoms with van der Waals surface area (Å²) in [5.74, 6) is 0.871. The van der Waals surface area contributed by atoms with Crippen LogP contribution >= 0.6 is 22.7 Å². The summed E-state index contributed by atoms with van der Waals surface area (Å²) in [5.41, 5.74) is 3.23. The molecule has 0 amide bonds. The van der Waals surface area contributed by atoms with Crippen LogP contribution in [0.15, 0.2) is 71.6 Å². The Morgan fingerprint density at radius 3 is 2.38 bits per heavy atom. The molecule has 1 aromatic carbocycles. The van der Waals surface area contributed by atoms with Gasteiger partial charge < -0.3 is 9.30 Å². The predicted octanol–water partition coefficient (Wildman–Crippen LogP) is 8.14. The van der Waals surface area contributed by atoms with Crippen LogP contribution in [0.1, 0.15) is 48.1 Å². The smallest absolute Gasteiger partial charge is 0.148 e. The largest absolute Gasteiger partial charge is 0.494 e. The zero-order valence-electron chi connectivity index (χ0n) is 20.6. The quantitative estimate of drug-likeness (QED) is 0.147. The monoisotopic (exact) mass is 522 g/mol. The van der Waals surface area contributed by atoms with E-state index in [4.69, 9.17) is 4.74 Å². The van der Waals surface area contributed by atoms with Gasteiger partial charge in [0.15, 0.2) is 0 Å². The number of thiophene rings is 2. The second-order valence-corrected chi connectivity index (χ2v) is 10.6. The standard InChI is InChI=1S/C30H26N4OS2/c1-2-3-4-5-16-35-25-11-8-23(9-12-25)34-24(10-14-28(34)30-7-6-17-36-30)18-26-13-15-29(37-26)27(21-33)22(19-31)20-32/h6-15,17H,2-5,16,18H2,1H3. The lowest BCUT2D eigenvalue weighted by atomic mass is 10.1. The van der Waals surface area contributed by atoms with Gasteiger partial charge in [0.25, 0.3) is 0 Å². The van der Waals surface area contributed by atoms with Gasteiger partial charge in [-0.25, -0.2) is 0 Å². The molecule has 0 atom stereocenters. The molecule has 3 aromatic heterocycles. The number of ether oxygens (including phenoxy) is 1. The summed E-state index contributed by atoms with van der Waals surface area (Å²) in [6.45, 7) is 2.94. The fraction of sp³-hybridized carbons (Fsp3) is 0.233. The molecule has 0 N–H and O–H groups in total. The van der Waals surface area contributed by atoms with Gasteiger partial charge in [-0.05, 0) is 66.4 Å². The molecule has 37 heavy (non-hydrogen) atoms. The average Bonchev–Trinajstić information content (AvgIpc) is 3.69. The van der Waals surface area contributed by atoms with E-state index in [1.165, 1.54) is 35.5 Å². The Kier molecular flexibility index (Phi) is 8.95. The van der Waals surface area contributed by atoms with Crippen molar-refractivity contribution in [2.75, 3.05) is 6.61 Å². The van der Waals surface area contributed by atoms with Gasteiger partial charge in [-0.2, -0.15) is 15.8 Å². The lowest BCUT2D eigenvalue weighted by Gasteiger charge is -2.14. The highest BCUT2D eigenvalue weighted by Crippen LogP contribution is 2.33. The highest BCUT2D eigenvalue weighted by molar-refractivity contribution is 7.13. The highest BCUT2D eigenvalue weighted by atomic mass is 32.1. The van der Waals surface area contributed by atoms with Crippen molar-refractivity contribution in [1.82, 2.24) is 4.57 Å². The number of benzene rings is 1. The first-order valence-corrected chi connectivity index (χ1v) is 13.9. The summed E-state index contributed by atoms with van der Waals surface area (Å²) >= 11 is 3.13. The van der Waals surface area contributed by atoms with Crippen LogP contribution in [0.3, 0.4) is 0 Å². The van der Waals surface area contributed by atoms with Gasteiger partial charge in [-0.3, -0.25) is 0 Å². The van der Waals surface area contributed by atoms with Gasteiger partial charge in [0.2, 0.25) is 0 Å². The molecule has 0 radical (unpaired) electrons. The maximum absolute atomic E-state index is 9.51. The van der Waals surface area contributed by atoms with Crippen molar-refractivity contribution in [3.63, 3.8) is 0 Å². The maximum atomic E-state index is 9.51. The van der Waals surface area contributed by atoms with Crippen molar-refractivity contribution in [2.45, 2.75) is 39.0 Å². The Balaban J connectivity index is 1.61. The molecule has 7 heteroatoms. The van der Waals surface area contributed by atoms with Gasteiger partial charge in [0, 0.05) is 27.6 Å². The van der Waals surface area contributed by atoms with Crippen LogP contribution in [0.25, 0.3) is 21.8 Å². The summed E-state index contributed by atoms with van der Waals surface area (Å²) < 4.78 is 8.20. The minimum Gasteiger partial charge on any atom is -0.494 e. The molecule has 0 aliphatic rings. The molecule has 0 saturated heterocycles. The van der Waals surface area contributed by atoms with Crippen molar-refractivity contribution in [2.24, 2.45) is 0 Å². The third kappa shape index (κ3) is 6.19. The van der Waals surface area contributed by atoms with Gasteiger partial charge >= 0.3 is 0 Å². The molecule has 0 unspecified atom stereocenters. The fourth-order valence-electron chi connectivity index (χ4n) is 4.11. The Bertz CT molecular complexity index is 1470. The predicted molar refractivity (Wildman–Crippen MR) is 150 cm³/mol. The first-order chi connectivity index (χ1) is 18.2. The third-order valence-electron chi connectivity index (χ3n) is 5.95. The van der Waals surface area contributed by atoms with Gasteiger partial charge in [0.05, 0.1) is 22.8 Å². The molecular weight excluding hydrogens is 496 g/mol. The zero-order chi connectivity index (χ0) is 26.0. The topological polar surface area (TPSA) is 85.5 Å². The molecule has 0 bridgehead atoms. The number of unbranched alkanes of at least 4 members (excludes halogenated alkanes) is 3. The number of rotatable bonds is 11. The Morgan fingerprint density at radius 2 is 1.70 bits per heavy atom. The molecule has 4 aromatic rings. The van der Waals surface area contributed by atoms with Crippen LogP contribution in [0.5, 0.6) is 5.75 Å². The number of nitrogens with zero attached hydrogens (tertiary/aromatic N) is 4. The molecule has 3 heterocycles. The second kappa shape index (κ2) is 12.7.